The summed E-state index contributed by atoms with van der Waals surface area (Å²) >= 11 is 0. The van der Waals surface area contributed by atoms with Gasteiger partial charge in [-0.15, -0.1) is 0 Å². The highest BCUT2D eigenvalue weighted by atomic mass is 16.6. The molecule has 0 heterocycles. The number of carbonyl (C=O) groups excluding carboxylic acids is 3. The number of rotatable bonds is 62. The number of unbranched alkanes of at least 4 members (excludes halogenated alkanes) is 29. The first-order valence-corrected chi connectivity index (χ1v) is 34.7. The molecule has 1 unspecified atom stereocenters. The highest BCUT2D eigenvalue weighted by Crippen LogP contribution is 2.16. The summed E-state index contributed by atoms with van der Waals surface area (Å²) in [5.74, 6) is -0.904. The van der Waals surface area contributed by atoms with Crippen LogP contribution in [-0.2, 0) is 28.6 Å². The summed E-state index contributed by atoms with van der Waals surface area (Å²) < 4.78 is 17.0. The van der Waals surface area contributed by atoms with E-state index in [0.717, 1.165) is 135 Å². The molecule has 6 nitrogen and oxygen atoms in total. The predicted molar refractivity (Wildman–Crippen MR) is 362 cm³/mol. The Hall–Kier alpha value is -4.45. The summed E-state index contributed by atoms with van der Waals surface area (Å²) in [6.07, 6.45) is 98.9. The smallest absolute Gasteiger partial charge is 0.306 e. The molecule has 472 valence electrons. The van der Waals surface area contributed by atoms with Crippen molar-refractivity contribution in [2.45, 2.75) is 322 Å². The van der Waals surface area contributed by atoms with Gasteiger partial charge in [0.05, 0.1) is 0 Å². The van der Waals surface area contributed by atoms with Crippen molar-refractivity contribution in [2.75, 3.05) is 13.2 Å². The summed E-state index contributed by atoms with van der Waals surface area (Å²) in [7, 11) is 0. The van der Waals surface area contributed by atoms with Gasteiger partial charge in [-0.05, 0) is 135 Å². The summed E-state index contributed by atoms with van der Waals surface area (Å²) in [5, 5.41) is 0. The van der Waals surface area contributed by atoms with Gasteiger partial charge in [0.2, 0.25) is 0 Å². The van der Waals surface area contributed by atoms with E-state index in [1.165, 1.54) is 141 Å². The molecule has 0 aromatic rings. The van der Waals surface area contributed by atoms with Crippen LogP contribution in [0.25, 0.3) is 0 Å². The quantitative estimate of drug-likeness (QED) is 0.0261. The Morgan fingerprint density at radius 2 is 0.470 bits per heavy atom. The Morgan fingerprint density at radius 3 is 0.735 bits per heavy atom. The lowest BCUT2D eigenvalue weighted by atomic mass is 10.1. The maximum absolute atomic E-state index is 13.0. The van der Waals surface area contributed by atoms with Gasteiger partial charge in [-0.2, -0.15) is 0 Å². The molecule has 0 N–H and O–H groups in total. The van der Waals surface area contributed by atoms with E-state index in [1.807, 2.05) is 0 Å². The topological polar surface area (TPSA) is 78.9 Å². The molecular weight excluding hydrogens is 1020 g/mol. The largest absolute Gasteiger partial charge is 0.462 e. The lowest BCUT2D eigenvalue weighted by molar-refractivity contribution is -0.167. The van der Waals surface area contributed by atoms with Crippen molar-refractivity contribution < 1.29 is 28.6 Å². The van der Waals surface area contributed by atoms with Gasteiger partial charge in [0.15, 0.2) is 6.10 Å². The van der Waals surface area contributed by atoms with Gasteiger partial charge in [-0.1, -0.05) is 296 Å². The van der Waals surface area contributed by atoms with E-state index in [2.05, 4.69) is 154 Å². The lowest BCUT2D eigenvalue weighted by Gasteiger charge is -2.18. The van der Waals surface area contributed by atoms with Crippen LogP contribution in [0.15, 0.2) is 134 Å². The maximum atomic E-state index is 13.0. The molecule has 6 heteroatoms. The van der Waals surface area contributed by atoms with E-state index in [4.69, 9.17) is 14.2 Å². The van der Waals surface area contributed by atoms with Crippen LogP contribution >= 0.6 is 0 Å². The Morgan fingerprint density at radius 1 is 0.253 bits per heavy atom. The number of allylic oxidation sites excluding steroid dienone is 22. The predicted octanol–water partition coefficient (Wildman–Crippen LogP) is 24.1. The van der Waals surface area contributed by atoms with Crippen LogP contribution in [0.5, 0.6) is 0 Å². The zero-order chi connectivity index (χ0) is 59.9. The molecule has 0 aromatic carbocycles. The van der Waals surface area contributed by atoms with E-state index < -0.39 is 6.10 Å². The van der Waals surface area contributed by atoms with E-state index in [0.29, 0.717) is 19.3 Å². The third-order valence-electron chi connectivity index (χ3n) is 14.6. The van der Waals surface area contributed by atoms with E-state index in [1.54, 1.807) is 0 Å². The zero-order valence-electron chi connectivity index (χ0n) is 54.2. The third kappa shape index (κ3) is 68.2. The molecule has 0 rings (SSSR count). The van der Waals surface area contributed by atoms with Crippen molar-refractivity contribution in [2.24, 2.45) is 0 Å². The van der Waals surface area contributed by atoms with Gasteiger partial charge in [-0.3, -0.25) is 14.4 Å². The number of hydrogen-bond donors (Lipinski definition) is 0. The van der Waals surface area contributed by atoms with Crippen molar-refractivity contribution in [1.82, 2.24) is 0 Å². The fourth-order valence-corrected chi connectivity index (χ4v) is 9.49. The molecule has 0 radical (unpaired) electrons. The minimum atomic E-state index is -0.795. The molecule has 0 aromatic heterocycles. The van der Waals surface area contributed by atoms with E-state index in [9.17, 15) is 14.4 Å². The van der Waals surface area contributed by atoms with Crippen molar-refractivity contribution in [3.63, 3.8) is 0 Å². The molecule has 0 saturated heterocycles. The molecule has 0 spiro atoms. The van der Waals surface area contributed by atoms with Gasteiger partial charge in [-0.25, -0.2) is 0 Å². The molecular formula is C77H128O6. The first-order valence-electron chi connectivity index (χ1n) is 34.7. The Kier molecular flexibility index (Phi) is 66.3. The standard InChI is InChI=1S/C77H128O6/c1-4-7-10-13-16-19-22-25-28-31-33-35-36-37-38-39-40-42-43-46-49-52-55-58-61-64-67-70-76(79)82-73-74(72-81-75(78)69-66-63-60-57-54-51-48-45-30-27-24-21-18-15-12-9-6-3)83-77(80)71-68-65-62-59-56-53-50-47-44-41-34-32-29-26-23-20-17-14-11-8-5-2/h7,9-10,12,16,18-19,21,23,25-28,30,32-35,37-38,40,42,74H,4-6,8,11,13-15,17,20,22,24,29,31,36,39,41,43-73H2,1-3H3/b10-7-,12-9-,19-16-,21-18-,26-23-,28-25-,30-27-,34-32-,35-33-,38-37-,42-40-. The lowest BCUT2D eigenvalue weighted by Crippen LogP contribution is -2.30. The van der Waals surface area contributed by atoms with Crippen LogP contribution in [0, 0.1) is 0 Å². The average Bonchev–Trinajstić information content (AvgIpc) is 3.49. The highest BCUT2D eigenvalue weighted by Gasteiger charge is 2.19. The molecule has 0 fully saturated rings. The third-order valence-corrected chi connectivity index (χ3v) is 14.6. The summed E-state index contributed by atoms with van der Waals surface area (Å²) in [6, 6.07) is 0. The van der Waals surface area contributed by atoms with Gasteiger partial charge in [0.1, 0.15) is 13.2 Å². The molecule has 0 aliphatic carbocycles. The first kappa shape index (κ1) is 78.5. The van der Waals surface area contributed by atoms with Crippen LogP contribution < -0.4 is 0 Å². The molecule has 0 saturated carbocycles. The zero-order valence-corrected chi connectivity index (χ0v) is 54.2. The van der Waals surface area contributed by atoms with Gasteiger partial charge in [0.25, 0.3) is 0 Å². The minimum Gasteiger partial charge on any atom is -0.462 e. The van der Waals surface area contributed by atoms with Crippen molar-refractivity contribution >= 4 is 17.9 Å². The second kappa shape index (κ2) is 70.0. The Balaban J connectivity index is 4.41. The Labute approximate surface area is 513 Å². The first-order chi connectivity index (χ1) is 41.0. The molecule has 0 amide bonds. The number of carbonyl (C=O) groups is 3. The van der Waals surface area contributed by atoms with Crippen LogP contribution in [0.4, 0.5) is 0 Å². The molecule has 0 aliphatic heterocycles. The van der Waals surface area contributed by atoms with Crippen LogP contribution in [0.3, 0.4) is 0 Å². The second-order valence-corrected chi connectivity index (χ2v) is 22.7. The summed E-state index contributed by atoms with van der Waals surface area (Å²) in [4.78, 5) is 38.5. The van der Waals surface area contributed by atoms with Crippen LogP contribution in [-0.4, -0.2) is 37.2 Å². The molecule has 83 heavy (non-hydrogen) atoms. The van der Waals surface area contributed by atoms with Gasteiger partial charge in [0, 0.05) is 19.3 Å². The summed E-state index contributed by atoms with van der Waals surface area (Å²) in [5.41, 5.74) is 0. The van der Waals surface area contributed by atoms with E-state index >= 15 is 0 Å². The Bertz CT molecular complexity index is 1750. The molecule has 1 atom stereocenters. The monoisotopic (exact) mass is 1150 g/mol. The van der Waals surface area contributed by atoms with Crippen molar-refractivity contribution in [1.29, 1.82) is 0 Å². The van der Waals surface area contributed by atoms with Crippen LogP contribution in [0.1, 0.15) is 316 Å². The maximum Gasteiger partial charge on any atom is 0.306 e. The number of ether oxygens (including phenoxy) is 3. The normalized spacial score (nSPS) is 13.0. The molecule has 0 aliphatic rings. The number of hydrogen-bond acceptors (Lipinski definition) is 6. The van der Waals surface area contributed by atoms with Gasteiger partial charge < -0.3 is 14.2 Å². The van der Waals surface area contributed by atoms with E-state index in [-0.39, 0.29) is 31.1 Å². The summed E-state index contributed by atoms with van der Waals surface area (Å²) in [6.45, 7) is 6.41. The fourth-order valence-electron chi connectivity index (χ4n) is 9.49. The molecule has 0 bridgehead atoms. The fraction of sp³-hybridized carbons (Fsp3) is 0.675. The SMILES string of the molecule is CC/C=C\C/C=C\C/C=C\C/C=C\C/C=C\C/C=C\CCCCCCCCCCC(=O)OCC(COC(=O)CCCCCCCCC/C=C\C/C=C\C/C=C\CC)OC(=O)CCCCCCCCCCC/C=C\C/C=C\CCCCCCC. The number of esters is 3. The highest BCUT2D eigenvalue weighted by molar-refractivity contribution is 5.71. The van der Waals surface area contributed by atoms with Crippen LogP contribution in [0.2, 0.25) is 0 Å². The van der Waals surface area contributed by atoms with Crippen molar-refractivity contribution in [3.8, 4) is 0 Å². The second-order valence-electron chi connectivity index (χ2n) is 22.7. The average molecular weight is 1150 g/mol. The minimum absolute atomic E-state index is 0.0901. The van der Waals surface area contributed by atoms with Gasteiger partial charge >= 0.3 is 17.9 Å². The van der Waals surface area contributed by atoms with Crippen molar-refractivity contribution in [3.05, 3.63) is 134 Å².